The van der Waals surface area contributed by atoms with E-state index in [1.54, 1.807) is 0 Å². The molecule has 1 aliphatic rings. The van der Waals surface area contributed by atoms with Gasteiger partial charge < -0.3 is 0 Å². The van der Waals surface area contributed by atoms with Gasteiger partial charge in [0.1, 0.15) is 10.0 Å². The van der Waals surface area contributed by atoms with Crippen molar-refractivity contribution in [3.8, 4) is 0 Å². The van der Waals surface area contributed by atoms with Gasteiger partial charge in [0.2, 0.25) is 0 Å². The first-order chi connectivity index (χ1) is 9.22. The first-order valence-corrected chi connectivity index (χ1v) is 7.58. The van der Waals surface area contributed by atoms with Crippen molar-refractivity contribution in [2.75, 3.05) is 13.1 Å². The molecule has 0 spiro atoms. The molecular weight excluding hydrogens is 282 g/mol. The van der Waals surface area contributed by atoms with E-state index in [9.17, 15) is 0 Å². The van der Waals surface area contributed by atoms with Gasteiger partial charge in [-0.25, -0.2) is 0 Å². The minimum atomic E-state index is 0.504. The van der Waals surface area contributed by atoms with E-state index in [1.165, 1.54) is 30.1 Å². The van der Waals surface area contributed by atoms with Crippen LogP contribution >= 0.6 is 23.1 Å². The Hall–Kier alpha value is -0.980. The van der Waals surface area contributed by atoms with E-state index < -0.39 is 0 Å². The van der Waals surface area contributed by atoms with E-state index in [2.05, 4.69) is 30.8 Å². The van der Waals surface area contributed by atoms with Crippen LogP contribution in [0.5, 0.6) is 0 Å². The zero-order valence-electron chi connectivity index (χ0n) is 10.8. The molecule has 19 heavy (non-hydrogen) atoms. The van der Waals surface area contributed by atoms with E-state index in [0.29, 0.717) is 10.3 Å². The summed E-state index contributed by atoms with van der Waals surface area (Å²) in [5.74, 6) is 0.504. The number of aryl methyl sites for hydroxylation is 1. The van der Waals surface area contributed by atoms with Crippen LogP contribution in [0.2, 0.25) is 4.34 Å². The van der Waals surface area contributed by atoms with Gasteiger partial charge in [0.05, 0.1) is 5.69 Å². The van der Waals surface area contributed by atoms with Crippen molar-refractivity contribution < 1.29 is 0 Å². The standard InChI is InChI=1S/C12H16ClN5S/c1-8-5-10(15-14-8)9-3-2-4-18(6-9)7-11-12(13)19-17-16-11/h5,9H,2-4,6-7H2,1H3,(H,14,15). The lowest BCUT2D eigenvalue weighted by Gasteiger charge is -2.31. The Morgan fingerprint density at radius 2 is 2.47 bits per heavy atom. The molecule has 1 saturated heterocycles. The first-order valence-electron chi connectivity index (χ1n) is 6.43. The topological polar surface area (TPSA) is 57.7 Å². The number of nitrogens with one attached hydrogen (secondary N) is 1. The summed E-state index contributed by atoms with van der Waals surface area (Å²) in [4.78, 5) is 2.39. The van der Waals surface area contributed by atoms with Crippen molar-refractivity contribution in [3.05, 3.63) is 27.5 Å². The molecule has 0 amide bonds. The van der Waals surface area contributed by atoms with Gasteiger partial charge in [0.25, 0.3) is 0 Å². The van der Waals surface area contributed by atoms with Gasteiger partial charge in [0.15, 0.2) is 0 Å². The van der Waals surface area contributed by atoms with Crippen molar-refractivity contribution in [1.82, 2.24) is 24.7 Å². The molecule has 5 nitrogen and oxygen atoms in total. The van der Waals surface area contributed by atoms with Crippen molar-refractivity contribution in [3.63, 3.8) is 0 Å². The first kappa shape index (κ1) is 13.0. The normalized spacial score (nSPS) is 20.8. The Balaban J connectivity index is 1.66. The molecule has 2 aromatic rings. The molecule has 0 aliphatic carbocycles. The summed E-state index contributed by atoms with van der Waals surface area (Å²) in [5.41, 5.74) is 3.19. The molecule has 3 heterocycles. The van der Waals surface area contributed by atoms with Crippen molar-refractivity contribution in [2.45, 2.75) is 32.2 Å². The molecule has 0 radical (unpaired) electrons. The van der Waals surface area contributed by atoms with Crippen LogP contribution in [0.1, 0.15) is 35.8 Å². The number of aromatic amines is 1. The maximum absolute atomic E-state index is 6.07. The summed E-state index contributed by atoms with van der Waals surface area (Å²) < 4.78 is 4.59. The highest BCUT2D eigenvalue weighted by Crippen LogP contribution is 2.28. The van der Waals surface area contributed by atoms with Gasteiger partial charge in [-0.3, -0.25) is 10.00 Å². The zero-order valence-corrected chi connectivity index (χ0v) is 12.3. The minimum absolute atomic E-state index is 0.504. The third-order valence-corrected chi connectivity index (χ3v) is 4.52. The highest BCUT2D eigenvalue weighted by molar-refractivity contribution is 7.10. The Morgan fingerprint density at radius 3 is 3.16 bits per heavy atom. The smallest absolute Gasteiger partial charge is 0.138 e. The molecule has 0 saturated carbocycles. The molecule has 1 fully saturated rings. The molecule has 1 unspecified atom stereocenters. The van der Waals surface area contributed by atoms with Gasteiger partial charge in [-0.05, 0) is 32.4 Å². The van der Waals surface area contributed by atoms with Gasteiger partial charge in [0, 0.05) is 36.2 Å². The Bertz CT molecular complexity index is 552. The lowest BCUT2D eigenvalue weighted by molar-refractivity contribution is 0.196. The van der Waals surface area contributed by atoms with E-state index in [-0.39, 0.29) is 0 Å². The van der Waals surface area contributed by atoms with Gasteiger partial charge in [-0.15, -0.1) is 5.10 Å². The summed E-state index contributed by atoms with van der Waals surface area (Å²) in [7, 11) is 0. The fraction of sp³-hybridized carbons (Fsp3) is 0.583. The predicted molar refractivity (Wildman–Crippen MR) is 75.5 cm³/mol. The third-order valence-electron chi connectivity index (χ3n) is 3.53. The minimum Gasteiger partial charge on any atom is -0.297 e. The number of hydrogen-bond donors (Lipinski definition) is 1. The monoisotopic (exact) mass is 297 g/mol. The quantitative estimate of drug-likeness (QED) is 0.946. The molecule has 0 bridgehead atoms. The molecule has 0 aromatic carbocycles. The number of aromatic nitrogens is 4. The molecule has 1 N–H and O–H groups in total. The van der Waals surface area contributed by atoms with Gasteiger partial charge in [-0.1, -0.05) is 16.1 Å². The maximum atomic E-state index is 6.07. The summed E-state index contributed by atoms with van der Waals surface area (Å²) in [6.45, 7) is 4.93. The molecule has 1 atom stereocenters. The Labute approximate surface area is 121 Å². The molecule has 1 aliphatic heterocycles. The number of halogens is 1. The van der Waals surface area contributed by atoms with Gasteiger partial charge >= 0.3 is 0 Å². The number of rotatable bonds is 3. The van der Waals surface area contributed by atoms with Crippen LogP contribution in [0.3, 0.4) is 0 Å². The van der Waals surface area contributed by atoms with Crippen LogP contribution in [0.4, 0.5) is 0 Å². The van der Waals surface area contributed by atoms with Crippen LogP contribution in [-0.2, 0) is 6.54 Å². The average Bonchev–Trinajstić information content (AvgIpc) is 3.00. The number of H-pyrrole nitrogens is 1. The largest absolute Gasteiger partial charge is 0.297 e. The molecule has 102 valence electrons. The molecule has 7 heteroatoms. The molecule has 3 rings (SSSR count). The summed E-state index contributed by atoms with van der Waals surface area (Å²) in [5, 5.41) is 11.5. The second-order valence-electron chi connectivity index (χ2n) is 5.04. The number of likely N-dealkylation sites (tertiary alicyclic amines) is 1. The predicted octanol–water partition coefficient (Wildman–Crippen LogP) is 2.60. The highest BCUT2D eigenvalue weighted by Gasteiger charge is 2.24. The second kappa shape index (κ2) is 5.56. The van der Waals surface area contributed by atoms with E-state index in [4.69, 9.17) is 11.6 Å². The van der Waals surface area contributed by atoms with Crippen LogP contribution < -0.4 is 0 Å². The summed E-state index contributed by atoms with van der Waals surface area (Å²) >= 11 is 7.32. The average molecular weight is 298 g/mol. The number of piperidine rings is 1. The van der Waals surface area contributed by atoms with E-state index in [1.807, 2.05) is 6.92 Å². The van der Waals surface area contributed by atoms with Crippen LogP contribution in [0, 0.1) is 6.92 Å². The lowest BCUT2D eigenvalue weighted by Crippen LogP contribution is -2.34. The van der Waals surface area contributed by atoms with Crippen molar-refractivity contribution in [2.24, 2.45) is 0 Å². The summed E-state index contributed by atoms with van der Waals surface area (Å²) in [6.07, 6.45) is 2.38. The molecular formula is C12H16ClN5S. The fourth-order valence-electron chi connectivity index (χ4n) is 2.59. The van der Waals surface area contributed by atoms with E-state index >= 15 is 0 Å². The second-order valence-corrected chi connectivity index (χ2v) is 6.40. The van der Waals surface area contributed by atoms with Crippen LogP contribution in [-0.4, -0.2) is 37.8 Å². The Kier molecular flexibility index (Phi) is 3.81. The third kappa shape index (κ3) is 2.96. The van der Waals surface area contributed by atoms with Crippen LogP contribution in [0.15, 0.2) is 6.07 Å². The number of hydrogen-bond acceptors (Lipinski definition) is 5. The van der Waals surface area contributed by atoms with Crippen molar-refractivity contribution >= 4 is 23.1 Å². The Morgan fingerprint density at radius 1 is 1.58 bits per heavy atom. The fourth-order valence-corrected chi connectivity index (χ4v) is 3.20. The zero-order chi connectivity index (χ0) is 13.2. The maximum Gasteiger partial charge on any atom is 0.138 e. The SMILES string of the molecule is Cc1cc(C2CCCN(Cc3nnsc3Cl)C2)n[nH]1. The molecule has 2 aromatic heterocycles. The van der Waals surface area contributed by atoms with Gasteiger partial charge in [-0.2, -0.15) is 5.10 Å². The highest BCUT2D eigenvalue weighted by atomic mass is 35.5. The van der Waals surface area contributed by atoms with E-state index in [0.717, 1.165) is 31.0 Å². The van der Waals surface area contributed by atoms with Crippen LogP contribution in [0.25, 0.3) is 0 Å². The number of nitrogens with zero attached hydrogens (tertiary/aromatic N) is 4. The van der Waals surface area contributed by atoms with Crippen molar-refractivity contribution in [1.29, 1.82) is 0 Å². The summed E-state index contributed by atoms with van der Waals surface area (Å²) in [6, 6.07) is 2.14. The lowest BCUT2D eigenvalue weighted by atomic mass is 9.94.